The first-order chi connectivity index (χ1) is 8.35. The van der Waals surface area contributed by atoms with Gasteiger partial charge in [-0.05, 0) is 37.0 Å². The number of hydrogen-bond donors (Lipinski definition) is 1. The van der Waals surface area contributed by atoms with Gasteiger partial charge in [-0.2, -0.15) is 0 Å². The molecule has 0 bridgehead atoms. The smallest absolute Gasteiger partial charge is 0.127 e. The Kier molecular flexibility index (Phi) is 4.18. The van der Waals surface area contributed by atoms with Crippen LogP contribution in [-0.2, 0) is 6.54 Å². The molecule has 90 valence electrons. The van der Waals surface area contributed by atoms with Crippen molar-refractivity contribution in [2.45, 2.75) is 13.5 Å². The van der Waals surface area contributed by atoms with E-state index >= 15 is 0 Å². The number of benzene rings is 1. The third-order valence-electron chi connectivity index (χ3n) is 2.50. The van der Waals surface area contributed by atoms with Crippen molar-refractivity contribution in [2.24, 2.45) is 0 Å². The summed E-state index contributed by atoms with van der Waals surface area (Å²) in [7, 11) is 1.97. The van der Waals surface area contributed by atoms with Gasteiger partial charge in [-0.25, -0.2) is 0 Å². The number of ether oxygens (including phenoxy) is 1. The summed E-state index contributed by atoms with van der Waals surface area (Å²) in [6.07, 6.45) is 0. The summed E-state index contributed by atoms with van der Waals surface area (Å²) in [5.74, 6) is 0.962. The Morgan fingerprint density at radius 1 is 1.29 bits per heavy atom. The standard InChI is InChI=1S/C14H17NOS/c1-3-16-14-7-5-4-6-13(14)11-8-12(9-15-2)17-10-11/h4-8,10,15H,3,9H2,1-2H3. The molecule has 0 unspecified atom stereocenters. The maximum atomic E-state index is 5.65. The fourth-order valence-corrected chi connectivity index (χ4v) is 2.67. The zero-order valence-electron chi connectivity index (χ0n) is 10.2. The highest BCUT2D eigenvalue weighted by atomic mass is 32.1. The van der Waals surface area contributed by atoms with Crippen LogP contribution in [0.3, 0.4) is 0 Å². The van der Waals surface area contributed by atoms with Crippen molar-refractivity contribution < 1.29 is 4.74 Å². The monoisotopic (exact) mass is 247 g/mol. The van der Waals surface area contributed by atoms with Crippen LogP contribution in [0.5, 0.6) is 5.75 Å². The molecule has 17 heavy (non-hydrogen) atoms. The van der Waals surface area contributed by atoms with Gasteiger partial charge < -0.3 is 10.1 Å². The summed E-state index contributed by atoms with van der Waals surface area (Å²) in [6.45, 7) is 3.63. The van der Waals surface area contributed by atoms with Gasteiger partial charge >= 0.3 is 0 Å². The number of rotatable bonds is 5. The Morgan fingerprint density at radius 2 is 2.12 bits per heavy atom. The summed E-state index contributed by atoms with van der Waals surface area (Å²) in [5.41, 5.74) is 2.41. The predicted octanol–water partition coefficient (Wildman–Crippen LogP) is 3.53. The average molecular weight is 247 g/mol. The van der Waals surface area contributed by atoms with Crippen LogP contribution in [0.15, 0.2) is 35.7 Å². The van der Waals surface area contributed by atoms with Crippen LogP contribution >= 0.6 is 11.3 Å². The minimum Gasteiger partial charge on any atom is -0.493 e. The summed E-state index contributed by atoms with van der Waals surface area (Å²) in [6, 6.07) is 10.4. The van der Waals surface area contributed by atoms with Crippen molar-refractivity contribution >= 4 is 11.3 Å². The van der Waals surface area contributed by atoms with E-state index in [4.69, 9.17) is 4.74 Å². The van der Waals surface area contributed by atoms with E-state index in [1.54, 1.807) is 11.3 Å². The Balaban J connectivity index is 2.31. The topological polar surface area (TPSA) is 21.3 Å². The zero-order valence-corrected chi connectivity index (χ0v) is 11.0. The molecule has 1 heterocycles. The molecular formula is C14H17NOS. The van der Waals surface area contributed by atoms with Crippen molar-refractivity contribution in [1.82, 2.24) is 5.32 Å². The first-order valence-corrected chi connectivity index (χ1v) is 6.67. The lowest BCUT2D eigenvalue weighted by atomic mass is 10.1. The molecule has 0 aliphatic heterocycles. The van der Waals surface area contributed by atoms with E-state index in [1.807, 2.05) is 32.2 Å². The van der Waals surface area contributed by atoms with E-state index in [1.165, 1.54) is 16.0 Å². The van der Waals surface area contributed by atoms with E-state index in [0.717, 1.165) is 12.3 Å². The molecule has 1 aromatic heterocycles. The maximum Gasteiger partial charge on any atom is 0.127 e. The lowest BCUT2D eigenvalue weighted by Crippen LogP contribution is -2.02. The highest BCUT2D eigenvalue weighted by molar-refractivity contribution is 7.10. The third-order valence-corrected chi connectivity index (χ3v) is 3.44. The first kappa shape index (κ1) is 12.1. The predicted molar refractivity (Wildman–Crippen MR) is 73.7 cm³/mol. The quantitative estimate of drug-likeness (QED) is 0.872. The van der Waals surface area contributed by atoms with Crippen LogP contribution in [0.25, 0.3) is 11.1 Å². The second kappa shape index (κ2) is 5.84. The first-order valence-electron chi connectivity index (χ1n) is 5.79. The molecule has 0 atom stereocenters. The molecule has 0 saturated heterocycles. The van der Waals surface area contributed by atoms with E-state index in [-0.39, 0.29) is 0 Å². The second-order valence-corrected chi connectivity index (χ2v) is 4.76. The molecule has 0 amide bonds. The van der Waals surface area contributed by atoms with Gasteiger partial charge in [0, 0.05) is 17.0 Å². The number of para-hydroxylation sites is 1. The van der Waals surface area contributed by atoms with Crippen LogP contribution in [-0.4, -0.2) is 13.7 Å². The fourth-order valence-electron chi connectivity index (χ4n) is 1.78. The van der Waals surface area contributed by atoms with Crippen LogP contribution < -0.4 is 10.1 Å². The molecule has 2 rings (SSSR count). The van der Waals surface area contributed by atoms with Crippen molar-refractivity contribution in [3.05, 3.63) is 40.6 Å². The Morgan fingerprint density at radius 3 is 2.88 bits per heavy atom. The molecular weight excluding hydrogens is 230 g/mol. The molecule has 3 heteroatoms. The Labute approximate surface area is 106 Å². The number of thiophene rings is 1. The largest absolute Gasteiger partial charge is 0.493 e. The highest BCUT2D eigenvalue weighted by Crippen LogP contribution is 2.32. The van der Waals surface area contributed by atoms with Crippen LogP contribution in [0, 0.1) is 0 Å². The van der Waals surface area contributed by atoms with Gasteiger partial charge in [-0.15, -0.1) is 11.3 Å². The van der Waals surface area contributed by atoms with Crippen LogP contribution in [0.4, 0.5) is 0 Å². The molecule has 0 radical (unpaired) electrons. The summed E-state index contributed by atoms with van der Waals surface area (Å²) >= 11 is 1.78. The minimum absolute atomic E-state index is 0.699. The molecule has 0 spiro atoms. The highest BCUT2D eigenvalue weighted by Gasteiger charge is 2.07. The molecule has 0 saturated carbocycles. The normalized spacial score (nSPS) is 10.5. The van der Waals surface area contributed by atoms with Gasteiger partial charge in [0.15, 0.2) is 0 Å². The molecule has 0 aliphatic rings. The van der Waals surface area contributed by atoms with E-state index in [9.17, 15) is 0 Å². The summed E-state index contributed by atoms with van der Waals surface area (Å²) in [4.78, 5) is 1.34. The van der Waals surface area contributed by atoms with Crippen molar-refractivity contribution in [3.8, 4) is 16.9 Å². The second-order valence-electron chi connectivity index (χ2n) is 3.76. The van der Waals surface area contributed by atoms with Crippen molar-refractivity contribution in [3.63, 3.8) is 0 Å². The van der Waals surface area contributed by atoms with Gasteiger partial charge in [0.25, 0.3) is 0 Å². The molecule has 0 fully saturated rings. The van der Waals surface area contributed by atoms with Gasteiger partial charge in [0.2, 0.25) is 0 Å². The lowest BCUT2D eigenvalue weighted by Gasteiger charge is -2.08. The average Bonchev–Trinajstić information content (AvgIpc) is 2.79. The summed E-state index contributed by atoms with van der Waals surface area (Å²) < 4.78 is 5.65. The SMILES string of the molecule is CCOc1ccccc1-c1csc(CNC)c1. The molecule has 1 aromatic carbocycles. The molecule has 0 aliphatic carbocycles. The molecule has 2 nitrogen and oxygen atoms in total. The third kappa shape index (κ3) is 2.87. The van der Waals surface area contributed by atoms with Crippen molar-refractivity contribution in [2.75, 3.05) is 13.7 Å². The van der Waals surface area contributed by atoms with E-state index < -0.39 is 0 Å². The van der Waals surface area contributed by atoms with Gasteiger partial charge in [0.1, 0.15) is 5.75 Å². The van der Waals surface area contributed by atoms with Crippen molar-refractivity contribution in [1.29, 1.82) is 0 Å². The fraction of sp³-hybridized carbons (Fsp3) is 0.286. The number of nitrogens with one attached hydrogen (secondary N) is 1. The maximum absolute atomic E-state index is 5.65. The Bertz CT molecular complexity index is 479. The minimum atomic E-state index is 0.699. The summed E-state index contributed by atoms with van der Waals surface area (Å²) in [5, 5.41) is 5.35. The van der Waals surface area contributed by atoms with E-state index in [2.05, 4.69) is 22.8 Å². The lowest BCUT2D eigenvalue weighted by molar-refractivity contribution is 0.341. The molecule has 2 aromatic rings. The molecule has 1 N–H and O–H groups in total. The zero-order chi connectivity index (χ0) is 12.1. The van der Waals surface area contributed by atoms with Gasteiger partial charge in [0.05, 0.1) is 6.61 Å². The van der Waals surface area contributed by atoms with Crippen LogP contribution in [0.2, 0.25) is 0 Å². The Hall–Kier alpha value is -1.32. The van der Waals surface area contributed by atoms with E-state index in [0.29, 0.717) is 6.61 Å². The number of hydrogen-bond acceptors (Lipinski definition) is 3. The van der Waals surface area contributed by atoms with Gasteiger partial charge in [-0.3, -0.25) is 0 Å². The van der Waals surface area contributed by atoms with Crippen LogP contribution in [0.1, 0.15) is 11.8 Å². The van der Waals surface area contributed by atoms with Gasteiger partial charge in [-0.1, -0.05) is 18.2 Å².